The van der Waals surface area contributed by atoms with E-state index in [2.05, 4.69) is 26.9 Å². The summed E-state index contributed by atoms with van der Waals surface area (Å²) in [5.41, 5.74) is 1.41. The monoisotopic (exact) mass is 402 g/mol. The van der Waals surface area contributed by atoms with Gasteiger partial charge in [-0.05, 0) is 63.3 Å². The summed E-state index contributed by atoms with van der Waals surface area (Å²) >= 11 is 5.43. The highest BCUT2D eigenvalue weighted by Crippen LogP contribution is 2.22. The molecule has 0 radical (unpaired) electrons. The zero-order valence-electron chi connectivity index (χ0n) is 16.5. The largest absolute Gasteiger partial charge is 0.379 e. The van der Waals surface area contributed by atoms with Crippen LogP contribution in [0.15, 0.2) is 28.8 Å². The van der Waals surface area contributed by atoms with Crippen molar-refractivity contribution in [1.29, 1.82) is 0 Å². The predicted molar refractivity (Wildman–Crippen MR) is 115 cm³/mol. The van der Waals surface area contributed by atoms with Gasteiger partial charge in [-0.2, -0.15) is 0 Å². The number of carbonyl (C=O) groups excluding carboxylic acids is 1. The Balaban J connectivity index is 1.38. The van der Waals surface area contributed by atoms with Gasteiger partial charge in [-0.25, -0.2) is 4.99 Å². The van der Waals surface area contributed by atoms with Crippen molar-refractivity contribution in [2.24, 2.45) is 4.99 Å². The van der Waals surface area contributed by atoms with Gasteiger partial charge in [-0.1, -0.05) is 18.9 Å². The van der Waals surface area contributed by atoms with Gasteiger partial charge in [-0.15, -0.1) is 0 Å². The molecule has 1 atom stereocenters. The molecular weight excluding hydrogens is 372 g/mol. The lowest BCUT2D eigenvalue weighted by molar-refractivity contribution is -0.123. The van der Waals surface area contributed by atoms with Gasteiger partial charge in [0.15, 0.2) is 0 Å². The van der Waals surface area contributed by atoms with Gasteiger partial charge in [0.25, 0.3) is 5.91 Å². The molecule has 2 fully saturated rings. The molecule has 28 heavy (non-hydrogen) atoms. The van der Waals surface area contributed by atoms with E-state index in [4.69, 9.17) is 17.0 Å². The summed E-state index contributed by atoms with van der Waals surface area (Å²) in [5.74, 6) is 0.00785. The van der Waals surface area contributed by atoms with Crippen LogP contribution in [0.5, 0.6) is 0 Å². The van der Waals surface area contributed by atoms with Gasteiger partial charge >= 0.3 is 0 Å². The van der Waals surface area contributed by atoms with Crippen LogP contribution >= 0.6 is 12.2 Å². The fraction of sp³-hybridized carbons (Fsp3) is 0.667. The molecule has 1 amide bonds. The molecular formula is C21H30N4O2S. The summed E-state index contributed by atoms with van der Waals surface area (Å²) in [6, 6.07) is 0.132. The number of carbonyl (C=O) groups is 1. The molecule has 0 spiro atoms. The minimum atomic E-state index is 0.00785. The number of thiocarbonyl (C=S) groups is 1. The van der Waals surface area contributed by atoms with E-state index in [1.807, 2.05) is 6.08 Å². The number of morpholine rings is 1. The van der Waals surface area contributed by atoms with Crippen LogP contribution in [-0.4, -0.2) is 90.0 Å². The van der Waals surface area contributed by atoms with E-state index in [-0.39, 0.29) is 11.9 Å². The molecule has 0 aromatic rings. The Hall–Kier alpha value is -1.41. The van der Waals surface area contributed by atoms with E-state index in [0.29, 0.717) is 22.9 Å². The van der Waals surface area contributed by atoms with Crippen molar-refractivity contribution < 1.29 is 9.53 Å². The molecule has 0 aromatic heterocycles. The van der Waals surface area contributed by atoms with Crippen LogP contribution in [-0.2, 0) is 9.53 Å². The molecule has 3 aliphatic heterocycles. The van der Waals surface area contributed by atoms with Crippen molar-refractivity contribution in [3.05, 3.63) is 23.8 Å². The van der Waals surface area contributed by atoms with Gasteiger partial charge in [0, 0.05) is 25.7 Å². The highest BCUT2D eigenvalue weighted by atomic mass is 32.1. The van der Waals surface area contributed by atoms with Crippen LogP contribution < -0.4 is 0 Å². The molecule has 0 bridgehead atoms. The molecule has 152 valence electrons. The molecule has 2 saturated heterocycles. The van der Waals surface area contributed by atoms with E-state index in [1.54, 1.807) is 4.90 Å². The van der Waals surface area contributed by atoms with E-state index >= 15 is 0 Å². The number of ether oxygens (including phenoxy) is 1. The van der Waals surface area contributed by atoms with Gasteiger partial charge < -0.3 is 9.64 Å². The molecule has 0 saturated carbocycles. The lowest BCUT2D eigenvalue weighted by Crippen LogP contribution is -2.46. The topological polar surface area (TPSA) is 48.4 Å². The number of nitrogens with zero attached hydrogens (tertiary/aromatic N) is 4. The maximum atomic E-state index is 13.1. The SMILES string of the molecule is O=C1C2=CC(N3CCOCC3)C=CC2=NC(=S)N1CCCN1CCCCCC1. The highest BCUT2D eigenvalue weighted by molar-refractivity contribution is 7.80. The lowest BCUT2D eigenvalue weighted by atomic mass is 9.97. The summed E-state index contributed by atoms with van der Waals surface area (Å²) in [6.07, 6.45) is 12.3. The van der Waals surface area contributed by atoms with Gasteiger partial charge in [0.1, 0.15) is 0 Å². The third-order valence-corrected chi connectivity index (χ3v) is 6.32. The Morgan fingerprint density at radius 3 is 2.57 bits per heavy atom. The van der Waals surface area contributed by atoms with Gasteiger partial charge in [-0.3, -0.25) is 14.6 Å². The fourth-order valence-corrected chi connectivity index (χ4v) is 4.65. The second kappa shape index (κ2) is 9.39. The van der Waals surface area contributed by atoms with Crippen molar-refractivity contribution in [2.75, 3.05) is 52.5 Å². The Bertz CT molecular complexity index is 689. The first-order valence-corrected chi connectivity index (χ1v) is 11.0. The van der Waals surface area contributed by atoms with Crippen LogP contribution in [0.1, 0.15) is 32.1 Å². The summed E-state index contributed by atoms with van der Waals surface area (Å²) in [7, 11) is 0. The molecule has 6 nitrogen and oxygen atoms in total. The number of aliphatic imine (C=N–C) groups is 1. The second-order valence-electron chi connectivity index (χ2n) is 7.92. The van der Waals surface area contributed by atoms with E-state index in [0.717, 1.165) is 39.3 Å². The summed E-state index contributed by atoms with van der Waals surface area (Å²) in [6.45, 7) is 7.29. The Labute approximate surface area is 172 Å². The molecule has 4 aliphatic rings. The average Bonchev–Trinajstić information content (AvgIpc) is 3.00. The van der Waals surface area contributed by atoms with Crippen LogP contribution in [0.3, 0.4) is 0 Å². The summed E-state index contributed by atoms with van der Waals surface area (Å²) in [5, 5.41) is 0.405. The maximum Gasteiger partial charge on any atom is 0.262 e. The molecule has 0 aromatic carbocycles. The Morgan fingerprint density at radius 2 is 1.82 bits per heavy atom. The van der Waals surface area contributed by atoms with Gasteiger partial charge in [0.2, 0.25) is 5.11 Å². The van der Waals surface area contributed by atoms with E-state index < -0.39 is 0 Å². The smallest absolute Gasteiger partial charge is 0.262 e. The third-order valence-electron chi connectivity index (χ3n) is 6.01. The molecule has 1 aliphatic carbocycles. The lowest BCUT2D eigenvalue weighted by Gasteiger charge is -2.35. The van der Waals surface area contributed by atoms with Crippen molar-refractivity contribution >= 4 is 28.9 Å². The number of likely N-dealkylation sites (tertiary alicyclic amines) is 1. The number of hydrogen-bond acceptors (Lipinski definition) is 5. The molecule has 7 heteroatoms. The molecule has 4 rings (SSSR count). The second-order valence-corrected chi connectivity index (χ2v) is 8.29. The summed E-state index contributed by atoms with van der Waals surface area (Å²) in [4.78, 5) is 24.2. The molecule has 3 heterocycles. The van der Waals surface area contributed by atoms with Crippen molar-refractivity contribution in [3.8, 4) is 0 Å². The Kier molecular flexibility index (Phi) is 6.67. The van der Waals surface area contributed by atoms with Crippen LogP contribution in [0, 0.1) is 0 Å². The standard InChI is InChI=1S/C21H30N4O2S/c26-20-18-16-17(24-12-14-27-15-13-24)6-7-19(18)22-21(28)25(20)11-5-10-23-8-3-1-2-4-9-23/h6-7,16-17H,1-5,8-15H2. The molecule has 0 N–H and O–H groups in total. The maximum absolute atomic E-state index is 13.1. The van der Waals surface area contributed by atoms with Gasteiger partial charge in [0.05, 0.1) is 24.5 Å². The minimum Gasteiger partial charge on any atom is -0.379 e. The normalized spacial score (nSPS) is 27.3. The quantitative estimate of drug-likeness (QED) is 0.659. The Morgan fingerprint density at radius 1 is 1.07 bits per heavy atom. The molecule has 1 unspecified atom stereocenters. The van der Waals surface area contributed by atoms with Crippen molar-refractivity contribution in [3.63, 3.8) is 0 Å². The first-order chi connectivity index (χ1) is 13.7. The van der Waals surface area contributed by atoms with Crippen molar-refractivity contribution in [1.82, 2.24) is 14.7 Å². The zero-order chi connectivity index (χ0) is 19.3. The van der Waals surface area contributed by atoms with Crippen LogP contribution in [0.4, 0.5) is 0 Å². The zero-order valence-corrected chi connectivity index (χ0v) is 17.3. The number of amides is 1. The summed E-state index contributed by atoms with van der Waals surface area (Å²) < 4.78 is 5.45. The predicted octanol–water partition coefficient (Wildman–Crippen LogP) is 2.02. The number of fused-ring (bicyclic) bond motifs is 1. The first-order valence-electron chi connectivity index (χ1n) is 10.6. The number of allylic oxidation sites excluding steroid dienone is 1. The minimum absolute atomic E-state index is 0.00785. The van der Waals surface area contributed by atoms with Crippen molar-refractivity contribution in [2.45, 2.75) is 38.1 Å². The van der Waals surface area contributed by atoms with E-state index in [9.17, 15) is 4.79 Å². The van der Waals surface area contributed by atoms with Crippen LogP contribution in [0.2, 0.25) is 0 Å². The highest BCUT2D eigenvalue weighted by Gasteiger charge is 2.32. The fourth-order valence-electron chi connectivity index (χ4n) is 4.38. The van der Waals surface area contributed by atoms with E-state index in [1.165, 1.54) is 38.8 Å². The average molecular weight is 403 g/mol. The third kappa shape index (κ3) is 4.59. The number of hydrogen-bond donors (Lipinski definition) is 0. The number of rotatable bonds is 5. The first kappa shape index (κ1) is 19.9. The van der Waals surface area contributed by atoms with Crippen LogP contribution in [0.25, 0.3) is 0 Å².